The molecule has 0 aliphatic heterocycles. The Balaban J connectivity index is 1.94. The van der Waals surface area contributed by atoms with Gasteiger partial charge in [-0.05, 0) is 11.6 Å². The number of tetrazole rings is 1. The molecule has 0 N–H and O–H groups in total. The van der Waals surface area contributed by atoms with Gasteiger partial charge >= 0.3 is 12.0 Å². The summed E-state index contributed by atoms with van der Waals surface area (Å²) in [6.07, 6.45) is 13.0. The van der Waals surface area contributed by atoms with Gasteiger partial charge in [-0.25, -0.2) is 0 Å². The van der Waals surface area contributed by atoms with Crippen molar-refractivity contribution < 1.29 is 9.53 Å². The van der Waals surface area contributed by atoms with Crippen LogP contribution >= 0.6 is 0 Å². The molecule has 0 aliphatic rings. The van der Waals surface area contributed by atoms with E-state index in [1.54, 1.807) is 0 Å². The van der Waals surface area contributed by atoms with Gasteiger partial charge in [0.05, 0.1) is 6.54 Å². The maximum Gasteiger partial charge on any atom is 0.363 e. The van der Waals surface area contributed by atoms with E-state index in [0.29, 0.717) is 0 Å². The zero-order valence-electron chi connectivity index (χ0n) is 13.4. The fraction of sp³-hybridized carbons (Fsp3) is 0.867. The van der Waals surface area contributed by atoms with Crippen molar-refractivity contribution in [1.82, 2.24) is 20.2 Å². The van der Waals surface area contributed by atoms with E-state index in [-0.39, 0.29) is 6.01 Å². The molecule has 1 aromatic heterocycles. The zero-order chi connectivity index (χ0) is 15.3. The van der Waals surface area contributed by atoms with Crippen molar-refractivity contribution in [1.29, 1.82) is 0 Å². The normalized spacial score (nSPS) is 10.8. The van der Waals surface area contributed by atoms with E-state index in [4.69, 9.17) is 4.74 Å². The number of rotatable bonds is 12. The summed E-state index contributed by atoms with van der Waals surface area (Å²) in [4.78, 5) is 12.2. The van der Waals surface area contributed by atoms with E-state index in [9.17, 15) is 4.79 Å². The Labute approximate surface area is 127 Å². The molecule has 1 aromatic rings. The fourth-order valence-electron chi connectivity index (χ4n) is 2.23. The van der Waals surface area contributed by atoms with Gasteiger partial charge in [-0.1, -0.05) is 74.9 Å². The van der Waals surface area contributed by atoms with Gasteiger partial charge in [0.1, 0.15) is 0 Å². The summed E-state index contributed by atoms with van der Waals surface area (Å²) in [7, 11) is 0. The molecule has 0 fully saturated rings. The van der Waals surface area contributed by atoms with E-state index in [2.05, 4.69) is 22.3 Å². The molecule has 1 heterocycles. The highest BCUT2D eigenvalue weighted by Crippen LogP contribution is 2.10. The van der Waals surface area contributed by atoms with Crippen molar-refractivity contribution in [2.75, 3.05) is 0 Å². The molecule has 6 nitrogen and oxygen atoms in total. The Morgan fingerprint density at radius 2 is 1.57 bits per heavy atom. The van der Waals surface area contributed by atoms with Crippen LogP contribution in [0.2, 0.25) is 0 Å². The van der Waals surface area contributed by atoms with Crippen LogP contribution < -0.4 is 4.74 Å². The predicted molar refractivity (Wildman–Crippen MR) is 81.0 cm³/mol. The zero-order valence-corrected chi connectivity index (χ0v) is 13.4. The Hall–Kier alpha value is -1.46. The molecule has 0 bridgehead atoms. The van der Waals surface area contributed by atoms with E-state index < -0.39 is 5.97 Å². The van der Waals surface area contributed by atoms with Crippen LogP contribution in [0.25, 0.3) is 0 Å². The highest BCUT2D eigenvalue weighted by atomic mass is 16.6. The molecule has 0 saturated heterocycles. The summed E-state index contributed by atoms with van der Waals surface area (Å²) in [5.41, 5.74) is 0. The molecule has 0 amide bonds. The number of carbonyl (C=O) groups is 1. The molecular formula is C15H28N4O2. The van der Waals surface area contributed by atoms with E-state index in [0.717, 1.165) is 13.0 Å². The molecule has 0 unspecified atom stereocenters. The first kappa shape index (κ1) is 17.6. The number of aromatic nitrogens is 4. The fourth-order valence-corrected chi connectivity index (χ4v) is 2.23. The number of hydrogen-bond donors (Lipinski definition) is 0. The van der Waals surface area contributed by atoms with E-state index in [1.165, 1.54) is 69.5 Å². The maximum absolute atomic E-state index is 10.7. The van der Waals surface area contributed by atoms with Crippen molar-refractivity contribution in [3.63, 3.8) is 0 Å². The van der Waals surface area contributed by atoms with Crippen LogP contribution in [0.4, 0.5) is 0 Å². The second kappa shape index (κ2) is 11.2. The number of unbranched alkanes of at least 4 members (excludes halogenated alkanes) is 9. The van der Waals surface area contributed by atoms with Gasteiger partial charge < -0.3 is 4.74 Å². The lowest BCUT2D eigenvalue weighted by Crippen LogP contribution is -2.05. The van der Waals surface area contributed by atoms with Gasteiger partial charge in [-0.3, -0.25) is 4.79 Å². The van der Waals surface area contributed by atoms with Gasteiger partial charge in [-0.2, -0.15) is 4.80 Å². The van der Waals surface area contributed by atoms with Crippen LogP contribution in [-0.4, -0.2) is 26.2 Å². The second-order valence-electron chi connectivity index (χ2n) is 5.44. The summed E-state index contributed by atoms with van der Waals surface area (Å²) in [6, 6.07) is 0.0366. The Morgan fingerprint density at radius 1 is 1.00 bits per heavy atom. The average Bonchev–Trinajstić information content (AvgIpc) is 2.87. The molecular weight excluding hydrogens is 268 g/mol. The van der Waals surface area contributed by atoms with Gasteiger partial charge in [0.2, 0.25) is 0 Å². The van der Waals surface area contributed by atoms with Gasteiger partial charge in [0.25, 0.3) is 0 Å². The molecule has 120 valence electrons. The predicted octanol–water partition coefficient (Wildman–Crippen LogP) is 3.52. The third-order valence-electron chi connectivity index (χ3n) is 3.38. The number of nitrogens with zero attached hydrogens (tertiary/aromatic N) is 4. The number of esters is 1. The average molecular weight is 296 g/mol. The maximum atomic E-state index is 10.7. The summed E-state index contributed by atoms with van der Waals surface area (Å²) in [5, 5.41) is 11.5. The molecule has 0 saturated carbocycles. The molecule has 0 radical (unpaired) electrons. The monoisotopic (exact) mass is 296 g/mol. The molecule has 0 aromatic carbocycles. The lowest BCUT2D eigenvalue weighted by molar-refractivity contribution is -0.132. The van der Waals surface area contributed by atoms with E-state index in [1.807, 2.05) is 0 Å². The third kappa shape index (κ3) is 9.15. The van der Waals surface area contributed by atoms with E-state index >= 15 is 0 Å². The van der Waals surface area contributed by atoms with Crippen LogP contribution in [0.15, 0.2) is 0 Å². The van der Waals surface area contributed by atoms with Crippen LogP contribution in [0.1, 0.15) is 78.1 Å². The minimum atomic E-state index is -0.423. The summed E-state index contributed by atoms with van der Waals surface area (Å²) in [6.45, 7) is 4.30. The SMILES string of the molecule is CCCCCCCCCCCCn1nnc(OC(C)=O)n1. The summed E-state index contributed by atoms with van der Waals surface area (Å²) >= 11 is 0. The quantitative estimate of drug-likeness (QED) is 0.436. The van der Waals surface area contributed by atoms with Gasteiger partial charge in [0, 0.05) is 6.92 Å². The lowest BCUT2D eigenvalue weighted by Gasteiger charge is -2.02. The Morgan fingerprint density at radius 3 is 2.14 bits per heavy atom. The minimum Gasteiger partial charge on any atom is -0.389 e. The van der Waals surface area contributed by atoms with Gasteiger partial charge in [-0.15, -0.1) is 0 Å². The lowest BCUT2D eigenvalue weighted by atomic mass is 10.1. The molecule has 6 heteroatoms. The Bertz CT molecular complexity index is 393. The smallest absolute Gasteiger partial charge is 0.363 e. The first-order valence-electron chi connectivity index (χ1n) is 8.18. The minimum absolute atomic E-state index is 0.0366. The van der Waals surface area contributed by atoms with Crippen molar-refractivity contribution in [2.45, 2.75) is 84.6 Å². The standard InChI is InChI=1S/C15H28N4O2/c1-3-4-5-6-7-8-9-10-11-12-13-19-17-15(16-18-19)21-14(2)20/h3-13H2,1-2H3. The van der Waals surface area contributed by atoms with Crippen molar-refractivity contribution in [3.8, 4) is 6.01 Å². The molecule has 0 aliphatic carbocycles. The van der Waals surface area contributed by atoms with Crippen LogP contribution in [0.5, 0.6) is 6.01 Å². The van der Waals surface area contributed by atoms with Crippen molar-refractivity contribution in [2.24, 2.45) is 0 Å². The number of aryl methyl sites for hydroxylation is 1. The highest BCUT2D eigenvalue weighted by Gasteiger charge is 2.05. The first-order chi connectivity index (χ1) is 10.2. The highest BCUT2D eigenvalue weighted by molar-refractivity contribution is 5.68. The van der Waals surface area contributed by atoms with Crippen LogP contribution in [0, 0.1) is 0 Å². The third-order valence-corrected chi connectivity index (χ3v) is 3.38. The molecule has 0 spiro atoms. The molecule has 0 atom stereocenters. The first-order valence-corrected chi connectivity index (χ1v) is 8.18. The largest absolute Gasteiger partial charge is 0.389 e. The Kier molecular flexibility index (Phi) is 9.40. The number of hydrogen-bond acceptors (Lipinski definition) is 5. The summed E-state index contributed by atoms with van der Waals surface area (Å²) < 4.78 is 4.75. The van der Waals surface area contributed by atoms with Crippen LogP contribution in [-0.2, 0) is 11.3 Å². The van der Waals surface area contributed by atoms with Crippen molar-refractivity contribution >= 4 is 5.97 Å². The molecule has 1 rings (SSSR count). The molecule has 21 heavy (non-hydrogen) atoms. The summed E-state index contributed by atoms with van der Waals surface area (Å²) in [5.74, 6) is -0.423. The van der Waals surface area contributed by atoms with Crippen molar-refractivity contribution in [3.05, 3.63) is 0 Å². The second-order valence-corrected chi connectivity index (χ2v) is 5.44. The van der Waals surface area contributed by atoms with Crippen LogP contribution in [0.3, 0.4) is 0 Å². The number of ether oxygens (including phenoxy) is 1. The topological polar surface area (TPSA) is 69.9 Å². The van der Waals surface area contributed by atoms with Gasteiger partial charge in [0.15, 0.2) is 0 Å². The number of carbonyl (C=O) groups excluding carboxylic acids is 1.